The van der Waals surface area contributed by atoms with Crippen LogP contribution >= 0.6 is 0 Å². The third kappa shape index (κ3) is 7.30. The predicted molar refractivity (Wildman–Crippen MR) is 208 cm³/mol. The Morgan fingerprint density at radius 2 is 1.57 bits per heavy atom. The van der Waals surface area contributed by atoms with E-state index in [-0.39, 0.29) is 46.0 Å². The van der Waals surface area contributed by atoms with Gasteiger partial charge in [0.25, 0.3) is 0 Å². The first kappa shape index (κ1) is 40.4. The van der Waals surface area contributed by atoms with Crippen LogP contribution in [-0.4, -0.2) is 77.9 Å². The summed E-state index contributed by atoms with van der Waals surface area (Å²) in [4.78, 5) is 55.4. The lowest BCUT2D eigenvalue weighted by Gasteiger charge is -2.69. The standard InChI is InChI=1S/C45H72N2O6/c1-28(2)38-33(49)25-45(21-22-47(27-30-11-12-30)24-23-46(10)29(3)48)20-15-32-31(39(38)45)13-14-35-43(32,8)18-16-34-42(6,7)36(17-19-44(34,35)9)53-37(50)26-41(4,5)40(51)52/h28,30-32,34-36H,11-27H2,1-10H3,(H,51,52). The smallest absolute Gasteiger partial charge is 0.309 e. The quantitative estimate of drug-likeness (QED) is 0.189. The fourth-order valence-electron chi connectivity index (χ4n) is 13.3. The van der Waals surface area contributed by atoms with E-state index in [1.165, 1.54) is 37.7 Å². The Hall–Kier alpha value is -2.22. The average Bonchev–Trinajstić information content (AvgIpc) is 3.82. The fraction of sp³-hybridized carbons (Fsp3) is 0.867. The van der Waals surface area contributed by atoms with Crippen molar-refractivity contribution in [3.63, 3.8) is 0 Å². The normalized spacial score (nSPS) is 36.5. The summed E-state index contributed by atoms with van der Waals surface area (Å²) in [6, 6.07) is 0. The van der Waals surface area contributed by atoms with Gasteiger partial charge in [0.05, 0.1) is 11.8 Å². The minimum absolute atomic E-state index is 0.0322. The number of carbonyl (C=O) groups excluding carboxylic acids is 3. The van der Waals surface area contributed by atoms with Crippen molar-refractivity contribution in [1.29, 1.82) is 0 Å². The summed E-state index contributed by atoms with van der Waals surface area (Å²) in [5.41, 5.74) is 1.68. The molecule has 0 saturated heterocycles. The molecular formula is C45H72N2O6. The third-order valence-corrected chi connectivity index (χ3v) is 16.5. The van der Waals surface area contributed by atoms with Crippen LogP contribution in [0, 0.1) is 62.6 Å². The summed E-state index contributed by atoms with van der Waals surface area (Å²) in [6.07, 6.45) is 12.8. The molecule has 0 heterocycles. The minimum Gasteiger partial charge on any atom is -0.481 e. The molecule has 1 N–H and O–H groups in total. The molecule has 8 nitrogen and oxygen atoms in total. The van der Waals surface area contributed by atoms with E-state index in [0.717, 1.165) is 70.6 Å². The Kier molecular flexibility index (Phi) is 11.0. The van der Waals surface area contributed by atoms with E-state index in [1.807, 2.05) is 11.9 Å². The van der Waals surface area contributed by atoms with Gasteiger partial charge in [-0.2, -0.15) is 0 Å². The highest BCUT2D eigenvalue weighted by Crippen LogP contribution is 2.73. The first-order chi connectivity index (χ1) is 24.7. The van der Waals surface area contributed by atoms with E-state index in [0.29, 0.717) is 35.9 Å². The van der Waals surface area contributed by atoms with Crippen LogP contribution in [0.25, 0.3) is 0 Å². The maximum Gasteiger partial charge on any atom is 0.309 e. The number of likely N-dealkylation sites (N-methyl/N-ethyl adjacent to an activating group) is 1. The molecule has 0 aromatic rings. The lowest BCUT2D eigenvalue weighted by Crippen LogP contribution is -2.63. The van der Waals surface area contributed by atoms with E-state index in [4.69, 9.17) is 4.74 Å². The molecule has 1 amide bonds. The summed E-state index contributed by atoms with van der Waals surface area (Å²) in [5.74, 6) is 2.21. The number of nitrogens with zero attached hydrogens (tertiary/aromatic N) is 2. The summed E-state index contributed by atoms with van der Waals surface area (Å²) in [6.45, 7) is 22.8. The molecular weight excluding hydrogens is 665 g/mol. The van der Waals surface area contributed by atoms with Gasteiger partial charge in [-0.15, -0.1) is 0 Å². The number of allylic oxidation sites excluding steroid dienone is 2. The third-order valence-electron chi connectivity index (χ3n) is 16.5. The van der Waals surface area contributed by atoms with Crippen molar-refractivity contribution in [1.82, 2.24) is 9.80 Å². The largest absolute Gasteiger partial charge is 0.481 e. The molecule has 6 aliphatic carbocycles. The van der Waals surface area contributed by atoms with E-state index < -0.39 is 17.4 Å². The van der Waals surface area contributed by atoms with Gasteiger partial charge in [0.2, 0.25) is 5.91 Å². The SMILES string of the molecule is CC(=O)N(C)CCN(CCC12CCC3C(CCC4C3(C)CCC3C(C)(C)C(OC(=O)CC(C)(C)C(=O)O)CCC34C)C1=C(C(C)C)C(=O)C2)CC1CC1. The van der Waals surface area contributed by atoms with Crippen LogP contribution in [-0.2, 0) is 23.9 Å². The van der Waals surface area contributed by atoms with Crippen molar-refractivity contribution in [3.8, 4) is 0 Å². The summed E-state index contributed by atoms with van der Waals surface area (Å²) >= 11 is 0. The highest BCUT2D eigenvalue weighted by molar-refractivity contribution is 6.00. The topological polar surface area (TPSA) is 104 Å². The molecule has 298 valence electrons. The molecule has 53 heavy (non-hydrogen) atoms. The van der Waals surface area contributed by atoms with E-state index in [1.54, 1.807) is 26.3 Å². The molecule has 5 fully saturated rings. The zero-order chi connectivity index (χ0) is 38.9. The number of hydrogen-bond acceptors (Lipinski definition) is 6. The Balaban J connectivity index is 1.22. The van der Waals surface area contributed by atoms with Crippen molar-refractivity contribution in [3.05, 3.63) is 11.1 Å². The number of carbonyl (C=O) groups is 4. The molecule has 8 atom stereocenters. The summed E-state index contributed by atoms with van der Waals surface area (Å²) in [5, 5.41) is 9.61. The molecule has 0 aliphatic heterocycles. The second kappa shape index (κ2) is 14.4. The first-order valence-corrected chi connectivity index (χ1v) is 21.3. The van der Waals surface area contributed by atoms with Crippen LogP contribution < -0.4 is 0 Å². The monoisotopic (exact) mass is 737 g/mol. The van der Waals surface area contributed by atoms with Crippen LogP contribution in [0.5, 0.6) is 0 Å². The first-order valence-electron chi connectivity index (χ1n) is 21.3. The van der Waals surface area contributed by atoms with E-state index in [2.05, 4.69) is 46.4 Å². The van der Waals surface area contributed by atoms with Gasteiger partial charge in [0.1, 0.15) is 6.10 Å². The molecule has 0 spiro atoms. The number of carboxylic acids is 1. The van der Waals surface area contributed by atoms with Gasteiger partial charge in [-0.05, 0) is 143 Å². The number of aliphatic carboxylic acids is 1. The number of carboxylic acid groups (broad SMARTS) is 1. The molecule has 6 rings (SSSR count). The number of rotatable bonds is 13. The molecule has 6 aliphatic rings. The summed E-state index contributed by atoms with van der Waals surface area (Å²) < 4.78 is 6.18. The zero-order valence-electron chi connectivity index (χ0n) is 34.9. The van der Waals surface area contributed by atoms with Crippen LogP contribution in [0.15, 0.2) is 11.1 Å². The average molecular weight is 737 g/mol. The number of ether oxygens (including phenoxy) is 1. The lowest BCUT2D eigenvalue weighted by atomic mass is 9.36. The van der Waals surface area contributed by atoms with Crippen molar-refractivity contribution < 1.29 is 29.0 Å². The van der Waals surface area contributed by atoms with Gasteiger partial charge < -0.3 is 19.6 Å². The maximum absolute atomic E-state index is 14.1. The Labute approximate surface area is 320 Å². The Morgan fingerprint density at radius 1 is 0.887 bits per heavy atom. The molecule has 0 aromatic carbocycles. The van der Waals surface area contributed by atoms with Gasteiger partial charge in [-0.1, -0.05) is 47.1 Å². The van der Waals surface area contributed by atoms with Gasteiger partial charge in [0.15, 0.2) is 5.78 Å². The maximum atomic E-state index is 14.1. The van der Waals surface area contributed by atoms with Gasteiger partial charge in [0, 0.05) is 50.9 Å². The highest BCUT2D eigenvalue weighted by Gasteiger charge is 2.66. The lowest BCUT2D eigenvalue weighted by molar-refractivity contribution is -0.214. The number of Topliss-reactive ketones (excluding diaryl/α,β-unsaturated/α-hetero) is 1. The van der Waals surface area contributed by atoms with E-state index in [9.17, 15) is 24.3 Å². The molecule has 8 heteroatoms. The van der Waals surface area contributed by atoms with Gasteiger partial charge >= 0.3 is 11.9 Å². The molecule has 5 saturated carbocycles. The van der Waals surface area contributed by atoms with Gasteiger partial charge in [-0.25, -0.2) is 0 Å². The second-order valence-corrected chi connectivity index (χ2v) is 21.0. The minimum atomic E-state index is -1.15. The van der Waals surface area contributed by atoms with E-state index >= 15 is 0 Å². The second-order valence-electron chi connectivity index (χ2n) is 21.0. The van der Waals surface area contributed by atoms with Crippen molar-refractivity contribution in [2.45, 2.75) is 152 Å². The van der Waals surface area contributed by atoms with Crippen molar-refractivity contribution in [2.24, 2.45) is 62.6 Å². The van der Waals surface area contributed by atoms with Crippen molar-refractivity contribution >= 4 is 23.6 Å². The van der Waals surface area contributed by atoms with Crippen molar-refractivity contribution in [2.75, 3.05) is 33.2 Å². The highest BCUT2D eigenvalue weighted by atomic mass is 16.5. The number of hydrogen-bond donors (Lipinski definition) is 1. The molecule has 8 unspecified atom stereocenters. The van der Waals surface area contributed by atoms with Crippen LogP contribution in [0.1, 0.15) is 146 Å². The number of fused-ring (bicyclic) bond motifs is 7. The Bertz CT molecular complexity index is 1490. The zero-order valence-corrected chi connectivity index (χ0v) is 34.9. The number of esters is 1. The van der Waals surface area contributed by atoms with Crippen LogP contribution in [0.3, 0.4) is 0 Å². The van der Waals surface area contributed by atoms with Crippen LogP contribution in [0.2, 0.25) is 0 Å². The number of ketones is 1. The molecule has 0 radical (unpaired) electrons. The van der Waals surface area contributed by atoms with Crippen LogP contribution in [0.4, 0.5) is 0 Å². The summed E-state index contributed by atoms with van der Waals surface area (Å²) in [7, 11) is 1.90. The number of amides is 1. The Morgan fingerprint density at radius 3 is 2.19 bits per heavy atom. The predicted octanol–water partition coefficient (Wildman–Crippen LogP) is 8.57. The fourth-order valence-corrected chi connectivity index (χ4v) is 13.3. The molecule has 0 bridgehead atoms. The van der Waals surface area contributed by atoms with Gasteiger partial charge in [-0.3, -0.25) is 19.2 Å². The molecule has 0 aromatic heterocycles.